The minimum Gasteiger partial charge on any atom is -0.462 e. The lowest BCUT2D eigenvalue weighted by molar-refractivity contribution is -0.152. The lowest BCUT2D eigenvalue weighted by Crippen LogP contribution is -2.22. The van der Waals surface area contributed by atoms with Crippen molar-refractivity contribution in [2.45, 2.75) is 84.8 Å². The molecule has 4 nitrogen and oxygen atoms in total. The molecule has 0 fully saturated rings. The fraction of sp³-hybridized carbons (Fsp3) is 0.765. The minimum absolute atomic E-state index is 0.0743. The Hall–Kier alpha value is -1.32. The van der Waals surface area contributed by atoms with Gasteiger partial charge in [0.15, 0.2) is 0 Å². The van der Waals surface area contributed by atoms with Crippen molar-refractivity contribution in [2.24, 2.45) is 0 Å². The topological polar surface area (TPSA) is 52.6 Å². The number of rotatable bonds is 11. The zero-order valence-electron chi connectivity index (χ0n) is 13.9. The fourth-order valence-corrected chi connectivity index (χ4v) is 2.05. The van der Waals surface area contributed by atoms with Gasteiger partial charge in [0.1, 0.15) is 12.2 Å². The third kappa shape index (κ3) is 8.53. The van der Waals surface area contributed by atoms with Crippen LogP contribution in [0.3, 0.4) is 0 Å². The largest absolute Gasteiger partial charge is 0.462 e. The highest BCUT2D eigenvalue weighted by molar-refractivity contribution is 5.93. The van der Waals surface area contributed by atoms with Gasteiger partial charge in [0.05, 0.1) is 6.42 Å². The molecule has 21 heavy (non-hydrogen) atoms. The molecule has 0 heterocycles. The van der Waals surface area contributed by atoms with Crippen LogP contribution in [-0.4, -0.2) is 24.1 Å². The second-order valence-electron chi connectivity index (χ2n) is 5.31. The molecule has 0 aromatic heterocycles. The summed E-state index contributed by atoms with van der Waals surface area (Å²) in [7, 11) is 0. The van der Waals surface area contributed by atoms with Crippen molar-refractivity contribution in [3.05, 3.63) is 12.2 Å². The van der Waals surface area contributed by atoms with Crippen molar-refractivity contribution < 1.29 is 19.1 Å². The Kier molecular flexibility index (Phi) is 10.6. The Morgan fingerprint density at radius 2 is 1.38 bits per heavy atom. The molecular weight excluding hydrogens is 268 g/mol. The Morgan fingerprint density at radius 3 is 1.81 bits per heavy atom. The molecule has 0 bridgehead atoms. The third-order valence-electron chi connectivity index (χ3n) is 3.35. The number of carbonyl (C=O) groups is 2. The summed E-state index contributed by atoms with van der Waals surface area (Å²) in [6.45, 7) is 11.7. The summed E-state index contributed by atoms with van der Waals surface area (Å²) < 4.78 is 10.7. The molecule has 4 heteroatoms. The highest BCUT2D eigenvalue weighted by Gasteiger charge is 2.19. The van der Waals surface area contributed by atoms with E-state index in [1.54, 1.807) is 0 Å². The third-order valence-corrected chi connectivity index (χ3v) is 3.35. The summed E-state index contributed by atoms with van der Waals surface area (Å²) in [5, 5.41) is 0. The molecule has 0 spiro atoms. The quantitative estimate of drug-likeness (QED) is 0.424. The Bertz CT molecular complexity index is 336. The second kappa shape index (κ2) is 11.4. The molecular formula is C17H30O4. The van der Waals surface area contributed by atoms with Crippen molar-refractivity contribution in [1.29, 1.82) is 0 Å². The SMILES string of the molecule is C=C(CC(=O)OC(CC)CCC)C(=O)OC(CC)CCC. The molecule has 2 unspecified atom stereocenters. The van der Waals surface area contributed by atoms with E-state index in [1.807, 2.05) is 27.7 Å². The van der Waals surface area contributed by atoms with Crippen LogP contribution in [0, 0.1) is 0 Å². The first-order valence-corrected chi connectivity index (χ1v) is 8.06. The maximum absolute atomic E-state index is 11.9. The normalized spacial score (nSPS) is 13.3. The lowest BCUT2D eigenvalue weighted by atomic mass is 10.1. The van der Waals surface area contributed by atoms with Crippen molar-refractivity contribution in [3.8, 4) is 0 Å². The zero-order valence-corrected chi connectivity index (χ0v) is 13.9. The molecule has 0 aliphatic heterocycles. The van der Waals surface area contributed by atoms with Gasteiger partial charge in [-0.25, -0.2) is 4.79 Å². The van der Waals surface area contributed by atoms with Gasteiger partial charge in [-0.15, -0.1) is 0 Å². The molecule has 0 aromatic rings. The summed E-state index contributed by atoms with van der Waals surface area (Å²) in [5.41, 5.74) is 0.168. The van der Waals surface area contributed by atoms with Crippen LogP contribution >= 0.6 is 0 Å². The number of hydrogen-bond donors (Lipinski definition) is 0. The molecule has 0 radical (unpaired) electrons. The van der Waals surface area contributed by atoms with E-state index in [0.717, 1.165) is 38.5 Å². The zero-order chi connectivity index (χ0) is 16.3. The average molecular weight is 298 g/mol. The van der Waals surface area contributed by atoms with Crippen LogP contribution < -0.4 is 0 Å². The van der Waals surface area contributed by atoms with Gasteiger partial charge in [-0.1, -0.05) is 47.1 Å². The summed E-state index contributed by atoms with van der Waals surface area (Å²) >= 11 is 0. The number of ether oxygens (including phenoxy) is 2. The van der Waals surface area contributed by atoms with Crippen LogP contribution in [0.1, 0.15) is 72.6 Å². The Labute approximate surface area is 128 Å². The van der Waals surface area contributed by atoms with Crippen LogP contribution in [0.25, 0.3) is 0 Å². The van der Waals surface area contributed by atoms with Gasteiger partial charge >= 0.3 is 11.9 Å². The van der Waals surface area contributed by atoms with Gasteiger partial charge in [0, 0.05) is 5.57 Å². The highest BCUT2D eigenvalue weighted by atomic mass is 16.6. The van der Waals surface area contributed by atoms with Crippen molar-refractivity contribution >= 4 is 11.9 Å². The van der Waals surface area contributed by atoms with Crippen molar-refractivity contribution in [3.63, 3.8) is 0 Å². The van der Waals surface area contributed by atoms with Gasteiger partial charge in [0.2, 0.25) is 0 Å². The predicted molar refractivity (Wildman–Crippen MR) is 83.9 cm³/mol. The first kappa shape index (κ1) is 19.7. The molecule has 0 N–H and O–H groups in total. The van der Waals surface area contributed by atoms with Gasteiger partial charge < -0.3 is 9.47 Å². The maximum Gasteiger partial charge on any atom is 0.334 e. The summed E-state index contributed by atoms with van der Waals surface area (Å²) in [4.78, 5) is 23.7. The summed E-state index contributed by atoms with van der Waals surface area (Å²) in [5.74, 6) is -0.892. The molecule has 0 aliphatic rings. The average Bonchev–Trinajstić information content (AvgIpc) is 2.45. The molecule has 0 amide bonds. The number of carbonyl (C=O) groups excluding carboxylic acids is 2. The molecule has 0 saturated heterocycles. The van der Waals surface area contributed by atoms with Crippen LogP contribution in [0.4, 0.5) is 0 Å². The fourth-order valence-electron chi connectivity index (χ4n) is 2.05. The van der Waals surface area contributed by atoms with E-state index in [0.29, 0.717) is 0 Å². The van der Waals surface area contributed by atoms with E-state index >= 15 is 0 Å². The predicted octanol–water partition coefficient (Wildman–Crippen LogP) is 4.18. The number of esters is 2. The van der Waals surface area contributed by atoms with Crippen molar-refractivity contribution in [1.82, 2.24) is 0 Å². The lowest BCUT2D eigenvalue weighted by Gasteiger charge is -2.17. The van der Waals surface area contributed by atoms with Crippen LogP contribution in [0.15, 0.2) is 12.2 Å². The number of hydrogen-bond acceptors (Lipinski definition) is 4. The summed E-state index contributed by atoms with van der Waals surface area (Å²) in [6.07, 6.45) is 4.87. The molecule has 0 aromatic carbocycles. The Morgan fingerprint density at radius 1 is 0.905 bits per heavy atom. The minimum atomic E-state index is -0.490. The van der Waals surface area contributed by atoms with E-state index in [-0.39, 0.29) is 24.2 Å². The molecule has 0 rings (SSSR count). The first-order valence-electron chi connectivity index (χ1n) is 8.06. The van der Waals surface area contributed by atoms with Gasteiger partial charge in [-0.2, -0.15) is 0 Å². The van der Waals surface area contributed by atoms with E-state index in [1.165, 1.54) is 0 Å². The smallest absolute Gasteiger partial charge is 0.334 e. The second-order valence-corrected chi connectivity index (χ2v) is 5.31. The van der Waals surface area contributed by atoms with E-state index < -0.39 is 11.9 Å². The maximum atomic E-state index is 11.9. The molecule has 0 aliphatic carbocycles. The molecule has 2 atom stereocenters. The van der Waals surface area contributed by atoms with Crippen LogP contribution in [0.2, 0.25) is 0 Å². The van der Waals surface area contributed by atoms with Crippen molar-refractivity contribution in [2.75, 3.05) is 0 Å². The standard InChI is InChI=1S/C17H30O4/c1-6-10-14(8-3)20-16(18)12-13(5)17(19)21-15(9-4)11-7-2/h14-15H,5-12H2,1-4H3. The van der Waals surface area contributed by atoms with Gasteiger partial charge in [-0.3, -0.25) is 4.79 Å². The Balaban J connectivity index is 4.27. The van der Waals surface area contributed by atoms with E-state index in [9.17, 15) is 9.59 Å². The van der Waals surface area contributed by atoms with E-state index in [4.69, 9.17) is 9.47 Å². The van der Waals surface area contributed by atoms with E-state index in [2.05, 4.69) is 6.58 Å². The summed E-state index contributed by atoms with van der Waals surface area (Å²) in [6, 6.07) is 0. The van der Waals surface area contributed by atoms with Crippen LogP contribution in [-0.2, 0) is 19.1 Å². The van der Waals surface area contributed by atoms with Gasteiger partial charge in [-0.05, 0) is 25.7 Å². The first-order chi connectivity index (χ1) is 9.98. The molecule has 122 valence electrons. The van der Waals surface area contributed by atoms with Crippen LogP contribution in [0.5, 0.6) is 0 Å². The monoisotopic (exact) mass is 298 g/mol. The molecule has 0 saturated carbocycles. The highest BCUT2D eigenvalue weighted by Crippen LogP contribution is 2.13. The van der Waals surface area contributed by atoms with Gasteiger partial charge in [0.25, 0.3) is 0 Å².